The predicted molar refractivity (Wildman–Crippen MR) is 119 cm³/mol. The van der Waals surface area contributed by atoms with Crippen molar-refractivity contribution in [2.24, 2.45) is 0 Å². The molecule has 30 heavy (non-hydrogen) atoms. The lowest BCUT2D eigenvalue weighted by Gasteiger charge is -2.37. The number of likely N-dealkylation sites (N-methyl/N-ethyl adjacent to an activating group) is 1. The van der Waals surface area contributed by atoms with Crippen molar-refractivity contribution in [3.05, 3.63) is 45.3 Å². The third-order valence-electron chi connectivity index (χ3n) is 6.38. The van der Waals surface area contributed by atoms with E-state index in [2.05, 4.69) is 36.8 Å². The summed E-state index contributed by atoms with van der Waals surface area (Å²) in [5, 5.41) is 4.65. The summed E-state index contributed by atoms with van der Waals surface area (Å²) in [7, 11) is 2.16. The Bertz CT molecular complexity index is 970. The number of hydrogen-bond acceptors (Lipinski definition) is 8. The van der Waals surface area contributed by atoms with Crippen LogP contribution in [0.25, 0.3) is 0 Å². The van der Waals surface area contributed by atoms with Crippen molar-refractivity contribution in [1.29, 1.82) is 0 Å². The van der Waals surface area contributed by atoms with Gasteiger partial charge in [0.1, 0.15) is 12.1 Å². The van der Waals surface area contributed by atoms with Gasteiger partial charge >= 0.3 is 0 Å². The number of piperazine rings is 1. The smallest absolute Gasteiger partial charge is 0.267 e. The summed E-state index contributed by atoms with van der Waals surface area (Å²) in [5.74, 6) is 3.13. The summed E-state index contributed by atoms with van der Waals surface area (Å²) in [4.78, 5) is 28.7. The van der Waals surface area contributed by atoms with Crippen LogP contribution in [0.2, 0.25) is 0 Å². The van der Waals surface area contributed by atoms with Crippen molar-refractivity contribution in [2.75, 3.05) is 57.0 Å². The lowest BCUT2D eigenvalue weighted by atomic mass is 10.1. The second-order valence-electron chi connectivity index (χ2n) is 8.42. The van der Waals surface area contributed by atoms with Gasteiger partial charge in [-0.15, -0.1) is 0 Å². The SMILES string of the molecule is CN1CCc2ncnc(N3CCN(CCn4nc5c(cc4=O)CSCC5)CC3)c2C1. The Hall–Kier alpha value is -1.97. The highest BCUT2D eigenvalue weighted by Crippen LogP contribution is 2.26. The summed E-state index contributed by atoms with van der Waals surface area (Å²) in [5.41, 5.74) is 4.77. The Labute approximate surface area is 181 Å². The van der Waals surface area contributed by atoms with Gasteiger partial charge in [-0.3, -0.25) is 9.69 Å². The first-order valence-corrected chi connectivity index (χ1v) is 12.0. The summed E-state index contributed by atoms with van der Waals surface area (Å²) in [6.07, 6.45) is 3.69. The van der Waals surface area contributed by atoms with Crippen LogP contribution in [-0.4, -0.2) is 81.6 Å². The number of hydrogen-bond donors (Lipinski definition) is 0. The Morgan fingerprint density at radius 1 is 1.03 bits per heavy atom. The number of rotatable bonds is 4. The summed E-state index contributed by atoms with van der Waals surface area (Å²) in [6.45, 7) is 7.37. The lowest BCUT2D eigenvalue weighted by molar-refractivity contribution is 0.241. The molecule has 0 saturated carbocycles. The normalized spacial score (nSPS) is 20.1. The van der Waals surface area contributed by atoms with Gasteiger partial charge in [0.05, 0.1) is 17.9 Å². The highest BCUT2D eigenvalue weighted by molar-refractivity contribution is 7.98. The van der Waals surface area contributed by atoms with Crippen molar-refractivity contribution < 1.29 is 0 Å². The average Bonchev–Trinajstić information content (AvgIpc) is 2.77. The number of anilines is 1. The second kappa shape index (κ2) is 8.64. The minimum atomic E-state index is 0.0339. The van der Waals surface area contributed by atoms with Gasteiger partial charge in [-0.2, -0.15) is 16.9 Å². The van der Waals surface area contributed by atoms with Gasteiger partial charge in [-0.05, 0) is 18.4 Å². The number of aromatic nitrogens is 4. The highest BCUT2D eigenvalue weighted by atomic mass is 32.2. The van der Waals surface area contributed by atoms with Crippen LogP contribution in [0.3, 0.4) is 0 Å². The number of fused-ring (bicyclic) bond motifs is 2. The molecule has 0 spiro atoms. The molecule has 0 aliphatic carbocycles. The molecule has 0 unspecified atom stereocenters. The molecule has 5 rings (SSSR count). The van der Waals surface area contributed by atoms with E-state index >= 15 is 0 Å². The fourth-order valence-corrected chi connectivity index (χ4v) is 5.52. The average molecular weight is 428 g/mol. The molecule has 0 amide bonds. The maximum Gasteiger partial charge on any atom is 0.267 e. The molecule has 5 heterocycles. The molecule has 2 aromatic heterocycles. The predicted octanol–water partition coefficient (Wildman–Crippen LogP) is 0.633. The zero-order valence-electron chi connectivity index (χ0n) is 17.6. The van der Waals surface area contributed by atoms with Crippen molar-refractivity contribution >= 4 is 17.6 Å². The number of aryl methyl sites for hydroxylation is 1. The molecule has 160 valence electrons. The van der Waals surface area contributed by atoms with E-state index in [-0.39, 0.29) is 5.56 Å². The van der Waals surface area contributed by atoms with Crippen molar-refractivity contribution in [2.45, 2.75) is 31.7 Å². The van der Waals surface area contributed by atoms with Gasteiger partial charge in [-0.25, -0.2) is 14.6 Å². The molecule has 3 aliphatic rings. The molecule has 0 N–H and O–H groups in total. The molecule has 0 bridgehead atoms. The van der Waals surface area contributed by atoms with Gasteiger partial charge in [0, 0.05) is 76.0 Å². The van der Waals surface area contributed by atoms with E-state index in [9.17, 15) is 4.79 Å². The number of thioether (sulfide) groups is 1. The van der Waals surface area contributed by atoms with Crippen LogP contribution in [-0.2, 0) is 31.7 Å². The molecule has 3 aliphatic heterocycles. The first-order valence-electron chi connectivity index (χ1n) is 10.8. The monoisotopic (exact) mass is 427 g/mol. The van der Waals surface area contributed by atoms with Gasteiger partial charge in [0.2, 0.25) is 0 Å². The fourth-order valence-electron chi connectivity index (χ4n) is 4.57. The largest absolute Gasteiger partial charge is 0.354 e. The molecular weight excluding hydrogens is 398 g/mol. The van der Waals surface area contributed by atoms with E-state index in [1.807, 2.05) is 11.8 Å². The quantitative estimate of drug-likeness (QED) is 0.704. The Morgan fingerprint density at radius 3 is 2.77 bits per heavy atom. The first kappa shape index (κ1) is 20.0. The highest BCUT2D eigenvalue weighted by Gasteiger charge is 2.25. The van der Waals surface area contributed by atoms with Gasteiger partial charge in [0.25, 0.3) is 5.56 Å². The molecular formula is C21H29N7OS. The third-order valence-corrected chi connectivity index (χ3v) is 7.38. The maximum absolute atomic E-state index is 12.4. The van der Waals surface area contributed by atoms with Crippen molar-refractivity contribution in [3.63, 3.8) is 0 Å². The first-order chi connectivity index (χ1) is 14.7. The van der Waals surface area contributed by atoms with E-state index in [0.29, 0.717) is 6.54 Å². The van der Waals surface area contributed by atoms with E-state index in [1.165, 1.54) is 11.3 Å². The minimum absolute atomic E-state index is 0.0339. The molecule has 0 radical (unpaired) electrons. The molecule has 9 heteroatoms. The second-order valence-corrected chi connectivity index (χ2v) is 9.52. The number of nitrogens with zero attached hydrogens (tertiary/aromatic N) is 7. The Morgan fingerprint density at radius 2 is 1.90 bits per heavy atom. The molecule has 2 aromatic rings. The summed E-state index contributed by atoms with van der Waals surface area (Å²) >= 11 is 1.88. The van der Waals surface area contributed by atoms with E-state index in [1.54, 1.807) is 17.1 Å². The lowest BCUT2D eigenvalue weighted by Crippen LogP contribution is -2.48. The van der Waals surface area contributed by atoms with Gasteiger partial charge in [-0.1, -0.05) is 0 Å². The molecule has 0 atom stereocenters. The van der Waals surface area contributed by atoms with E-state index in [4.69, 9.17) is 0 Å². The minimum Gasteiger partial charge on any atom is -0.354 e. The van der Waals surface area contributed by atoms with Crippen LogP contribution in [0.1, 0.15) is 22.5 Å². The van der Waals surface area contributed by atoms with Gasteiger partial charge in [0.15, 0.2) is 0 Å². The van der Waals surface area contributed by atoms with Crippen LogP contribution < -0.4 is 10.5 Å². The molecule has 1 fully saturated rings. The zero-order chi connectivity index (χ0) is 20.5. The third kappa shape index (κ3) is 4.10. The molecule has 1 saturated heterocycles. The van der Waals surface area contributed by atoms with Crippen molar-refractivity contribution in [1.82, 2.24) is 29.5 Å². The zero-order valence-corrected chi connectivity index (χ0v) is 18.4. The molecule has 8 nitrogen and oxygen atoms in total. The van der Waals surface area contributed by atoms with Crippen LogP contribution in [0.5, 0.6) is 0 Å². The van der Waals surface area contributed by atoms with Crippen LogP contribution in [0, 0.1) is 0 Å². The topological polar surface area (TPSA) is 70.4 Å². The Balaban J connectivity index is 1.20. The summed E-state index contributed by atoms with van der Waals surface area (Å²) < 4.78 is 1.66. The van der Waals surface area contributed by atoms with Crippen molar-refractivity contribution in [3.8, 4) is 0 Å². The van der Waals surface area contributed by atoms with Crippen LogP contribution in [0.4, 0.5) is 5.82 Å². The maximum atomic E-state index is 12.4. The van der Waals surface area contributed by atoms with Gasteiger partial charge < -0.3 is 9.80 Å². The van der Waals surface area contributed by atoms with E-state index in [0.717, 1.165) is 87.2 Å². The fraction of sp³-hybridized carbons (Fsp3) is 0.619. The standard InChI is InChI=1S/C21H29N7OS/c1-25-4-2-19-17(13-25)21(23-15-22-19)27-8-5-26(6-9-27)7-10-28-20(29)12-16-14-30-11-3-18(16)24-28/h12,15H,2-11,13-14H2,1H3. The Kier molecular flexibility index (Phi) is 5.75. The van der Waals surface area contributed by atoms with Crippen LogP contribution in [0.15, 0.2) is 17.2 Å². The summed E-state index contributed by atoms with van der Waals surface area (Å²) in [6, 6.07) is 1.79. The molecule has 0 aromatic carbocycles. The van der Waals surface area contributed by atoms with E-state index < -0.39 is 0 Å². The van der Waals surface area contributed by atoms with Crippen LogP contribution >= 0.6 is 11.8 Å².